The van der Waals surface area contributed by atoms with Gasteiger partial charge >= 0.3 is 0 Å². The number of halogens is 1. The number of ether oxygens (including phenoxy) is 1. The summed E-state index contributed by atoms with van der Waals surface area (Å²) < 4.78 is 6.14. The Morgan fingerprint density at radius 1 is 1.47 bits per heavy atom. The van der Waals surface area contributed by atoms with Crippen LogP contribution in [0.4, 0.5) is 5.69 Å². The Kier molecular flexibility index (Phi) is 4.44. The molecule has 0 aliphatic rings. The number of thiophene rings is 1. The topological polar surface area (TPSA) is 64.3 Å². The molecule has 0 saturated carbocycles. The van der Waals surface area contributed by atoms with E-state index in [9.17, 15) is 4.79 Å². The molecule has 0 unspecified atom stereocenters. The number of benzene rings is 1. The molecule has 0 radical (unpaired) electrons. The maximum absolute atomic E-state index is 11.0. The number of methoxy groups -OCH3 is 1. The van der Waals surface area contributed by atoms with Gasteiger partial charge in [-0.25, -0.2) is 0 Å². The van der Waals surface area contributed by atoms with Crippen molar-refractivity contribution in [3.63, 3.8) is 0 Å². The highest BCUT2D eigenvalue weighted by Crippen LogP contribution is 2.28. The molecule has 1 heterocycles. The summed E-state index contributed by atoms with van der Waals surface area (Å²) in [5.74, 6) is 0.377. The van der Waals surface area contributed by atoms with Crippen LogP contribution in [0.25, 0.3) is 0 Å². The number of primary amides is 1. The highest BCUT2D eigenvalue weighted by atomic mass is 79.9. The fraction of sp³-hybridized carbons (Fsp3) is 0.154. The molecule has 0 bridgehead atoms. The van der Waals surface area contributed by atoms with Crippen LogP contribution in [0.2, 0.25) is 0 Å². The van der Waals surface area contributed by atoms with Crippen molar-refractivity contribution < 1.29 is 9.53 Å². The van der Waals surface area contributed by atoms with Gasteiger partial charge in [-0.05, 0) is 34.1 Å². The van der Waals surface area contributed by atoms with E-state index in [1.54, 1.807) is 18.6 Å². The molecular weight excluding hydrogens is 328 g/mol. The SMILES string of the molecule is COc1cc(NCc2cc(C(N)=O)cs2)ccc1Br. The minimum Gasteiger partial charge on any atom is -0.495 e. The van der Waals surface area contributed by atoms with Gasteiger partial charge in [-0.3, -0.25) is 4.79 Å². The van der Waals surface area contributed by atoms with Crippen molar-refractivity contribution in [1.82, 2.24) is 0 Å². The average molecular weight is 341 g/mol. The lowest BCUT2D eigenvalue weighted by atomic mass is 10.2. The normalized spacial score (nSPS) is 10.2. The van der Waals surface area contributed by atoms with Crippen molar-refractivity contribution in [2.75, 3.05) is 12.4 Å². The Labute approximate surface area is 123 Å². The van der Waals surface area contributed by atoms with E-state index >= 15 is 0 Å². The summed E-state index contributed by atoms with van der Waals surface area (Å²) in [6.07, 6.45) is 0. The molecule has 6 heteroatoms. The number of hydrogen-bond donors (Lipinski definition) is 2. The first-order valence-corrected chi connectivity index (χ1v) is 7.22. The molecule has 0 aliphatic carbocycles. The van der Waals surface area contributed by atoms with E-state index in [1.807, 2.05) is 18.2 Å². The van der Waals surface area contributed by atoms with Crippen LogP contribution in [0.5, 0.6) is 5.75 Å². The molecule has 2 aromatic rings. The van der Waals surface area contributed by atoms with Crippen LogP contribution in [0.1, 0.15) is 15.2 Å². The van der Waals surface area contributed by atoms with Gasteiger partial charge in [0, 0.05) is 28.6 Å². The quantitative estimate of drug-likeness (QED) is 0.878. The second-order valence-electron chi connectivity index (χ2n) is 3.87. The first-order valence-electron chi connectivity index (χ1n) is 5.55. The van der Waals surface area contributed by atoms with E-state index in [1.165, 1.54) is 11.3 Å². The van der Waals surface area contributed by atoms with Gasteiger partial charge in [-0.15, -0.1) is 11.3 Å². The van der Waals surface area contributed by atoms with Gasteiger partial charge < -0.3 is 15.8 Å². The number of hydrogen-bond acceptors (Lipinski definition) is 4. The zero-order chi connectivity index (χ0) is 13.8. The summed E-state index contributed by atoms with van der Waals surface area (Å²) in [6.45, 7) is 0.642. The summed E-state index contributed by atoms with van der Waals surface area (Å²) in [4.78, 5) is 12.0. The highest BCUT2D eigenvalue weighted by molar-refractivity contribution is 9.10. The maximum atomic E-state index is 11.0. The molecule has 1 aromatic heterocycles. The highest BCUT2D eigenvalue weighted by Gasteiger charge is 2.05. The van der Waals surface area contributed by atoms with Gasteiger partial charge in [0.1, 0.15) is 5.75 Å². The second-order valence-corrected chi connectivity index (χ2v) is 5.72. The second kappa shape index (κ2) is 6.08. The Hall–Kier alpha value is -1.53. The zero-order valence-electron chi connectivity index (χ0n) is 10.3. The number of carbonyl (C=O) groups is 1. The number of nitrogens with two attached hydrogens (primary N) is 1. The first-order chi connectivity index (χ1) is 9.10. The largest absolute Gasteiger partial charge is 0.495 e. The van der Waals surface area contributed by atoms with Gasteiger partial charge in [0.2, 0.25) is 5.91 Å². The molecule has 19 heavy (non-hydrogen) atoms. The van der Waals surface area contributed by atoms with Crippen molar-refractivity contribution in [3.8, 4) is 5.75 Å². The minimum atomic E-state index is -0.396. The molecule has 3 N–H and O–H groups in total. The van der Waals surface area contributed by atoms with Gasteiger partial charge in [0.25, 0.3) is 0 Å². The van der Waals surface area contributed by atoms with Gasteiger partial charge in [0.05, 0.1) is 17.1 Å². The predicted octanol–water partition coefficient (Wildman–Crippen LogP) is 3.23. The smallest absolute Gasteiger partial charge is 0.249 e. The van der Waals surface area contributed by atoms with Gasteiger partial charge in [0.15, 0.2) is 0 Å². The van der Waals surface area contributed by atoms with Crippen LogP contribution in [-0.4, -0.2) is 13.0 Å². The minimum absolute atomic E-state index is 0.396. The number of carbonyl (C=O) groups excluding carboxylic acids is 1. The van der Waals surface area contributed by atoms with Crippen LogP contribution in [0.15, 0.2) is 34.1 Å². The zero-order valence-corrected chi connectivity index (χ0v) is 12.7. The van der Waals surface area contributed by atoms with Crippen molar-refractivity contribution in [3.05, 3.63) is 44.6 Å². The van der Waals surface area contributed by atoms with E-state index in [-0.39, 0.29) is 0 Å². The molecule has 0 atom stereocenters. The number of rotatable bonds is 5. The van der Waals surface area contributed by atoms with Crippen molar-refractivity contribution >= 4 is 38.9 Å². The lowest BCUT2D eigenvalue weighted by Crippen LogP contribution is -2.09. The number of anilines is 1. The van der Waals surface area contributed by atoms with E-state index in [2.05, 4.69) is 21.2 Å². The van der Waals surface area contributed by atoms with Crippen molar-refractivity contribution in [1.29, 1.82) is 0 Å². The Morgan fingerprint density at radius 3 is 2.89 bits per heavy atom. The third-order valence-electron chi connectivity index (χ3n) is 2.56. The summed E-state index contributed by atoms with van der Waals surface area (Å²) in [5, 5.41) is 5.04. The van der Waals surface area contributed by atoms with Gasteiger partial charge in [-0.2, -0.15) is 0 Å². The fourth-order valence-corrected chi connectivity index (χ4v) is 2.78. The molecule has 4 nitrogen and oxygen atoms in total. The lowest BCUT2D eigenvalue weighted by Gasteiger charge is -2.08. The summed E-state index contributed by atoms with van der Waals surface area (Å²) in [5.41, 5.74) is 6.72. The molecule has 0 aliphatic heterocycles. The van der Waals surface area contributed by atoms with Crippen LogP contribution >= 0.6 is 27.3 Å². The molecule has 0 saturated heterocycles. The molecule has 0 spiro atoms. The predicted molar refractivity (Wildman–Crippen MR) is 80.9 cm³/mol. The van der Waals surface area contributed by atoms with Crippen molar-refractivity contribution in [2.24, 2.45) is 5.73 Å². The summed E-state index contributed by atoms with van der Waals surface area (Å²) >= 11 is 4.91. The molecular formula is C13H13BrN2O2S. The first kappa shape index (κ1) is 13.9. The van der Waals surface area contributed by atoms with Crippen LogP contribution in [-0.2, 0) is 6.54 Å². The maximum Gasteiger partial charge on any atom is 0.249 e. The Bertz CT molecular complexity index is 598. The summed E-state index contributed by atoms with van der Waals surface area (Å²) in [6, 6.07) is 7.59. The molecule has 2 rings (SSSR count). The van der Waals surface area contributed by atoms with Crippen molar-refractivity contribution in [2.45, 2.75) is 6.54 Å². The van der Waals surface area contributed by atoms with Crippen LogP contribution in [0, 0.1) is 0 Å². The molecule has 1 amide bonds. The third kappa shape index (κ3) is 3.48. The van der Waals surface area contributed by atoms with E-state index in [0.717, 1.165) is 20.8 Å². The summed E-state index contributed by atoms with van der Waals surface area (Å²) in [7, 11) is 1.63. The molecule has 0 fully saturated rings. The number of nitrogens with one attached hydrogen (secondary N) is 1. The third-order valence-corrected chi connectivity index (χ3v) is 4.15. The molecule has 100 valence electrons. The van der Waals surface area contributed by atoms with E-state index in [0.29, 0.717) is 12.1 Å². The van der Waals surface area contributed by atoms with E-state index in [4.69, 9.17) is 10.5 Å². The van der Waals surface area contributed by atoms with Crippen LogP contribution in [0.3, 0.4) is 0 Å². The van der Waals surface area contributed by atoms with E-state index < -0.39 is 5.91 Å². The lowest BCUT2D eigenvalue weighted by molar-refractivity contribution is 0.100. The monoisotopic (exact) mass is 340 g/mol. The van der Waals surface area contributed by atoms with Crippen LogP contribution < -0.4 is 15.8 Å². The average Bonchev–Trinajstić information content (AvgIpc) is 2.87. The Morgan fingerprint density at radius 2 is 2.26 bits per heavy atom. The number of amides is 1. The van der Waals surface area contributed by atoms with Gasteiger partial charge in [-0.1, -0.05) is 0 Å². The standard InChI is InChI=1S/C13H13BrN2O2S/c1-18-12-5-9(2-3-11(12)14)16-6-10-4-8(7-19-10)13(15)17/h2-5,7,16H,6H2,1H3,(H2,15,17). The fourth-order valence-electron chi connectivity index (χ4n) is 1.56. The molecule has 1 aromatic carbocycles. The Balaban J connectivity index is 2.03.